The molecule has 0 radical (unpaired) electrons. The van der Waals surface area contributed by atoms with Gasteiger partial charge in [0.05, 0.1) is 24.4 Å². The smallest absolute Gasteiger partial charge is 0.339 e. The van der Waals surface area contributed by atoms with Gasteiger partial charge in [0.2, 0.25) is 0 Å². The first-order valence-corrected chi connectivity index (χ1v) is 7.92. The van der Waals surface area contributed by atoms with Crippen LogP contribution in [0.3, 0.4) is 0 Å². The molecule has 0 aromatic carbocycles. The van der Waals surface area contributed by atoms with Crippen molar-refractivity contribution >= 4 is 11.8 Å². The number of ketones is 1. The molecule has 1 aromatic rings. The van der Waals surface area contributed by atoms with E-state index in [1.165, 1.54) is 7.11 Å². The van der Waals surface area contributed by atoms with Crippen molar-refractivity contribution in [3.8, 4) is 0 Å². The molecule has 1 N–H and O–H groups in total. The Labute approximate surface area is 132 Å². The molecule has 2 heterocycles. The van der Waals surface area contributed by atoms with Crippen molar-refractivity contribution in [3.63, 3.8) is 0 Å². The van der Waals surface area contributed by atoms with Gasteiger partial charge in [0.1, 0.15) is 0 Å². The van der Waals surface area contributed by atoms with Crippen LogP contribution < -0.4 is 0 Å². The van der Waals surface area contributed by atoms with Crippen LogP contribution >= 0.6 is 0 Å². The number of carbonyl (C=O) groups is 2. The number of carbonyl (C=O) groups excluding carboxylic acids is 2. The standard InChI is InChI=1S/C17H26N2O3/c1-10-6-8-19(9-7-10)13(4)16(20)15-11(2)14(12(3)18-15)17(21)22-5/h10,13,18H,6-9H2,1-5H3/t13-/m0/s1. The van der Waals surface area contributed by atoms with Gasteiger partial charge in [-0.15, -0.1) is 0 Å². The molecule has 0 bridgehead atoms. The molecule has 122 valence electrons. The van der Waals surface area contributed by atoms with E-state index in [0.717, 1.165) is 31.8 Å². The van der Waals surface area contributed by atoms with Crippen molar-refractivity contribution in [3.05, 3.63) is 22.5 Å². The molecule has 0 spiro atoms. The Kier molecular flexibility index (Phi) is 5.06. The number of hydrogen-bond donors (Lipinski definition) is 1. The number of aromatic amines is 1. The summed E-state index contributed by atoms with van der Waals surface area (Å²) >= 11 is 0. The number of rotatable bonds is 4. The fraction of sp³-hybridized carbons (Fsp3) is 0.647. The molecule has 1 atom stereocenters. The van der Waals surface area contributed by atoms with E-state index in [1.807, 2.05) is 6.92 Å². The van der Waals surface area contributed by atoms with E-state index >= 15 is 0 Å². The van der Waals surface area contributed by atoms with Gasteiger partial charge in [-0.1, -0.05) is 6.92 Å². The number of aryl methyl sites for hydroxylation is 1. The van der Waals surface area contributed by atoms with Crippen molar-refractivity contribution in [1.29, 1.82) is 0 Å². The molecule has 1 aromatic heterocycles. The van der Waals surface area contributed by atoms with Crippen molar-refractivity contribution in [2.45, 2.75) is 46.6 Å². The number of Topliss-reactive ketones (excluding diaryl/α,β-unsaturated/α-hetero) is 1. The Morgan fingerprint density at radius 3 is 2.41 bits per heavy atom. The van der Waals surface area contributed by atoms with E-state index in [1.54, 1.807) is 13.8 Å². The summed E-state index contributed by atoms with van der Waals surface area (Å²) in [4.78, 5) is 29.9. The topological polar surface area (TPSA) is 62.4 Å². The van der Waals surface area contributed by atoms with E-state index in [0.29, 0.717) is 22.5 Å². The number of hydrogen-bond acceptors (Lipinski definition) is 4. The average molecular weight is 306 g/mol. The van der Waals surface area contributed by atoms with Crippen molar-refractivity contribution in [2.75, 3.05) is 20.2 Å². The molecule has 0 saturated carbocycles. The predicted octanol–water partition coefficient (Wildman–Crippen LogP) is 2.72. The number of esters is 1. The summed E-state index contributed by atoms with van der Waals surface area (Å²) in [6, 6.07) is -0.172. The molecular weight excluding hydrogens is 280 g/mol. The average Bonchev–Trinajstić information content (AvgIpc) is 2.80. The second-order valence-electron chi connectivity index (χ2n) is 6.38. The third-order valence-electron chi connectivity index (χ3n) is 4.82. The van der Waals surface area contributed by atoms with Crippen LogP contribution in [-0.2, 0) is 4.74 Å². The maximum absolute atomic E-state index is 12.8. The fourth-order valence-corrected chi connectivity index (χ4v) is 3.20. The van der Waals surface area contributed by atoms with Crippen LogP contribution in [0.25, 0.3) is 0 Å². The Balaban J connectivity index is 2.21. The van der Waals surface area contributed by atoms with Gasteiger partial charge in [-0.05, 0) is 58.2 Å². The summed E-state index contributed by atoms with van der Waals surface area (Å²) in [6.07, 6.45) is 2.27. The van der Waals surface area contributed by atoms with Crippen LogP contribution in [0.2, 0.25) is 0 Å². The monoisotopic (exact) mass is 306 g/mol. The predicted molar refractivity (Wildman–Crippen MR) is 85.4 cm³/mol. The molecule has 1 fully saturated rings. The first-order chi connectivity index (χ1) is 10.4. The molecule has 0 aliphatic carbocycles. The van der Waals surface area contributed by atoms with Crippen LogP contribution in [0.15, 0.2) is 0 Å². The molecule has 1 aliphatic rings. The lowest BCUT2D eigenvalue weighted by Crippen LogP contribution is -2.43. The van der Waals surface area contributed by atoms with E-state index in [-0.39, 0.29) is 11.8 Å². The third-order valence-corrected chi connectivity index (χ3v) is 4.82. The Morgan fingerprint density at radius 1 is 1.27 bits per heavy atom. The highest BCUT2D eigenvalue weighted by atomic mass is 16.5. The third kappa shape index (κ3) is 3.09. The van der Waals surface area contributed by atoms with Gasteiger partial charge in [-0.2, -0.15) is 0 Å². The van der Waals surface area contributed by atoms with Gasteiger partial charge >= 0.3 is 5.97 Å². The van der Waals surface area contributed by atoms with Crippen LogP contribution in [0.5, 0.6) is 0 Å². The Hall–Kier alpha value is -1.62. The maximum atomic E-state index is 12.8. The molecule has 1 saturated heterocycles. The molecule has 5 heteroatoms. The minimum atomic E-state index is -0.398. The highest BCUT2D eigenvalue weighted by Crippen LogP contribution is 2.23. The quantitative estimate of drug-likeness (QED) is 0.686. The fourth-order valence-electron chi connectivity index (χ4n) is 3.20. The van der Waals surface area contributed by atoms with Gasteiger partial charge in [0, 0.05) is 5.69 Å². The normalized spacial score (nSPS) is 18.2. The SMILES string of the molecule is COC(=O)c1c(C)[nH]c(C(=O)[C@H](C)N2CCC(C)CC2)c1C. The number of piperidine rings is 1. The molecule has 0 unspecified atom stereocenters. The summed E-state index contributed by atoms with van der Waals surface area (Å²) in [6.45, 7) is 9.71. The highest BCUT2D eigenvalue weighted by Gasteiger charge is 2.29. The number of nitrogens with zero attached hydrogens (tertiary/aromatic N) is 1. The van der Waals surface area contributed by atoms with Crippen LogP contribution in [0.1, 0.15) is 58.8 Å². The van der Waals surface area contributed by atoms with Crippen LogP contribution in [-0.4, -0.2) is 47.9 Å². The van der Waals surface area contributed by atoms with E-state index in [4.69, 9.17) is 4.74 Å². The molecule has 2 rings (SSSR count). The number of likely N-dealkylation sites (tertiary alicyclic amines) is 1. The lowest BCUT2D eigenvalue weighted by molar-refractivity contribution is 0.0599. The Morgan fingerprint density at radius 2 is 1.86 bits per heavy atom. The summed E-state index contributed by atoms with van der Waals surface area (Å²) in [7, 11) is 1.35. The minimum absolute atomic E-state index is 0.0466. The van der Waals surface area contributed by atoms with E-state index in [2.05, 4.69) is 16.8 Å². The summed E-state index contributed by atoms with van der Waals surface area (Å²) in [5.74, 6) is 0.383. The second-order valence-corrected chi connectivity index (χ2v) is 6.38. The lowest BCUT2D eigenvalue weighted by Gasteiger charge is -2.34. The van der Waals surface area contributed by atoms with Gasteiger partial charge in [0.15, 0.2) is 5.78 Å². The number of ether oxygens (including phenoxy) is 1. The van der Waals surface area contributed by atoms with Crippen LogP contribution in [0.4, 0.5) is 0 Å². The zero-order valence-electron chi connectivity index (χ0n) is 14.2. The van der Waals surface area contributed by atoms with Gasteiger partial charge in [-0.3, -0.25) is 9.69 Å². The van der Waals surface area contributed by atoms with Gasteiger partial charge in [-0.25, -0.2) is 4.79 Å². The highest BCUT2D eigenvalue weighted by molar-refractivity contribution is 6.03. The zero-order valence-corrected chi connectivity index (χ0v) is 14.2. The number of aromatic nitrogens is 1. The first kappa shape index (κ1) is 16.7. The van der Waals surface area contributed by atoms with Crippen molar-refractivity contribution in [1.82, 2.24) is 9.88 Å². The van der Waals surface area contributed by atoms with Gasteiger partial charge in [0.25, 0.3) is 0 Å². The van der Waals surface area contributed by atoms with Gasteiger partial charge < -0.3 is 9.72 Å². The maximum Gasteiger partial charge on any atom is 0.339 e. The zero-order chi connectivity index (χ0) is 16.4. The van der Waals surface area contributed by atoms with Crippen LogP contribution in [0, 0.1) is 19.8 Å². The largest absolute Gasteiger partial charge is 0.465 e. The summed E-state index contributed by atoms with van der Waals surface area (Å²) < 4.78 is 4.80. The second kappa shape index (κ2) is 6.65. The molecular formula is C17H26N2O3. The molecule has 0 amide bonds. The summed E-state index contributed by atoms with van der Waals surface area (Å²) in [5, 5.41) is 0. The Bertz CT molecular complexity index is 569. The number of nitrogens with one attached hydrogen (secondary N) is 1. The minimum Gasteiger partial charge on any atom is -0.465 e. The van der Waals surface area contributed by atoms with Crippen molar-refractivity contribution < 1.29 is 14.3 Å². The summed E-state index contributed by atoms with van der Waals surface area (Å²) in [5.41, 5.74) is 2.38. The van der Waals surface area contributed by atoms with E-state index < -0.39 is 5.97 Å². The number of H-pyrrole nitrogens is 1. The van der Waals surface area contributed by atoms with E-state index in [9.17, 15) is 9.59 Å². The number of methoxy groups -OCH3 is 1. The lowest BCUT2D eigenvalue weighted by atomic mass is 9.96. The molecule has 22 heavy (non-hydrogen) atoms. The molecule has 5 nitrogen and oxygen atoms in total. The van der Waals surface area contributed by atoms with Crippen molar-refractivity contribution in [2.24, 2.45) is 5.92 Å². The first-order valence-electron chi connectivity index (χ1n) is 7.92. The molecule has 1 aliphatic heterocycles.